The fraction of sp³-hybridized carbons (Fsp3) is 0.625. The lowest BCUT2D eigenvalue weighted by molar-refractivity contribution is 0.0567. The molecular formula is C16H24N2O. The van der Waals surface area contributed by atoms with Crippen LogP contribution in [-0.2, 0) is 0 Å². The van der Waals surface area contributed by atoms with E-state index in [0.29, 0.717) is 17.9 Å². The lowest BCUT2D eigenvalue weighted by Gasteiger charge is -2.43. The molecule has 0 saturated carbocycles. The molecule has 0 aromatic heterocycles. The van der Waals surface area contributed by atoms with Gasteiger partial charge in [-0.2, -0.15) is 0 Å². The Bertz CT molecular complexity index is 435. The fourth-order valence-electron chi connectivity index (χ4n) is 3.57. The second-order valence-electron chi connectivity index (χ2n) is 6.01. The fourth-order valence-corrected chi connectivity index (χ4v) is 3.57. The minimum absolute atomic E-state index is 0.499. The molecule has 104 valence electrons. The molecule has 3 heteroatoms. The highest BCUT2D eigenvalue weighted by molar-refractivity contribution is 5.38. The Morgan fingerprint density at radius 3 is 3.05 bits per heavy atom. The second-order valence-corrected chi connectivity index (χ2v) is 6.01. The smallest absolute Gasteiger partial charge is 0.124 e. The largest absolute Gasteiger partial charge is 0.493 e. The maximum Gasteiger partial charge on any atom is 0.124 e. The molecule has 0 amide bonds. The number of hydrogen-bond acceptors (Lipinski definition) is 3. The SMILES string of the molecule is CC1COc2ccccc2C1N1CCCC(CN)C1. The molecule has 2 heterocycles. The molecule has 3 atom stereocenters. The maximum atomic E-state index is 5.87. The number of hydrogen-bond donors (Lipinski definition) is 1. The van der Waals surface area contributed by atoms with Crippen LogP contribution in [0.1, 0.15) is 31.4 Å². The summed E-state index contributed by atoms with van der Waals surface area (Å²) >= 11 is 0. The first kappa shape index (κ1) is 12.9. The highest BCUT2D eigenvalue weighted by Crippen LogP contribution is 2.40. The number of ether oxygens (including phenoxy) is 1. The van der Waals surface area contributed by atoms with E-state index in [1.165, 1.54) is 24.9 Å². The van der Waals surface area contributed by atoms with Crippen LogP contribution in [0.15, 0.2) is 24.3 Å². The van der Waals surface area contributed by atoms with E-state index in [4.69, 9.17) is 10.5 Å². The van der Waals surface area contributed by atoms with Crippen molar-refractivity contribution < 1.29 is 4.74 Å². The molecule has 1 aromatic rings. The highest BCUT2D eigenvalue weighted by Gasteiger charge is 2.34. The first-order chi connectivity index (χ1) is 9.29. The molecule has 2 N–H and O–H groups in total. The van der Waals surface area contributed by atoms with Crippen LogP contribution < -0.4 is 10.5 Å². The number of nitrogens with zero attached hydrogens (tertiary/aromatic N) is 1. The molecule has 0 aliphatic carbocycles. The van der Waals surface area contributed by atoms with Crippen molar-refractivity contribution in [3.63, 3.8) is 0 Å². The zero-order valence-electron chi connectivity index (χ0n) is 11.7. The van der Waals surface area contributed by atoms with E-state index >= 15 is 0 Å². The molecule has 1 aromatic carbocycles. The van der Waals surface area contributed by atoms with Gasteiger partial charge in [0.15, 0.2) is 0 Å². The van der Waals surface area contributed by atoms with Gasteiger partial charge in [0.05, 0.1) is 6.61 Å². The third kappa shape index (κ3) is 2.49. The van der Waals surface area contributed by atoms with Crippen molar-refractivity contribution in [3.8, 4) is 5.75 Å². The third-order valence-electron chi connectivity index (χ3n) is 4.56. The van der Waals surface area contributed by atoms with Gasteiger partial charge in [0.1, 0.15) is 5.75 Å². The summed E-state index contributed by atoms with van der Waals surface area (Å²) < 4.78 is 5.86. The van der Waals surface area contributed by atoms with E-state index in [1.807, 2.05) is 0 Å². The molecule has 2 aliphatic heterocycles. The molecule has 3 unspecified atom stereocenters. The van der Waals surface area contributed by atoms with Gasteiger partial charge in [0.2, 0.25) is 0 Å². The average Bonchev–Trinajstić information content (AvgIpc) is 2.47. The summed E-state index contributed by atoms with van der Waals surface area (Å²) in [4.78, 5) is 2.63. The molecule has 0 spiro atoms. The summed E-state index contributed by atoms with van der Waals surface area (Å²) in [7, 11) is 0. The Labute approximate surface area is 115 Å². The molecule has 0 bridgehead atoms. The minimum Gasteiger partial charge on any atom is -0.493 e. The van der Waals surface area contributed by atoms with Gasteiger partial charge in [-0.3, -0.25) is 4.90 Å². The minimum atomic E-state index is 0.499. The molecular weight excluding hydrogens is 236 g/mol. The normalized spacial score (nSPS) is 31.6. The van der Waals surface area contributed by atoms with Crippen molar-refractivity contribution in [1.82, 2.24) is 4.90 Å². The van der Waals surface area contributed by atoms with Crippen LogP contribution in [0.5, 0.6) is 5.75 Å². The third-order valence-corrected chi connectivity index (χ3v) is 4.56. The van der Waals surface area contributed by atoms with Crippen molar-refractivity contribution in [2.75, 3.05) is 26.2 Å². The van der Waals surface area contributed by atoms with Crippen LogP contribution in [0.2, 0.25) is 0 Å². The van der Waals surface area contributed by atoms with E-state index in [1.54, 1.807) is 0 Å². The molecule has 19 heavy (non-hydrogen) atoms. The van der Waals surface area contributed by atoms with E-state index in [-0.39, 0.29) is 0 Å². The van der Waals surface area contributed by atoms with E-state index in [2.05, 4.69) is 36.1 Å². The standard InChI is InChI=1S/C16H24N2O/c1-12-11-19-15-7-3-2-6-14(15)16(12)18-8-4-5-13(9-17)10-18/h2-3,6-7,12-13,16H,4-5,8-11,17H2,1H3. The van der Waals surface area contributed by atoms with Gasteiger partial charge in [-0.05, 0) is 37.9 Å². The number of benzene rings is 1. The Hall–Kier alpha value is -1.06. The van der Waals surface area contributed by atoms with Gasteiger partial charge < -0.3 is 10.5 Å². The summed E-state index contributed by atoms with van der Waals surface area (Å²) in [6.45, 7) is 6.27. The molecule has 1 saturated heterocycles. The summed E-state index contributed by atoms with van der Waals surface area (Å²) in [6.07, 6.45) is 2.56. The predicted octanol–water partition coefficient (Wildman–Crippen LogP) is 2.43. The number of rotatable bonds is 2. The van der Waals surface area contributed by atoms with E-state index in [9.17, 15) is 0 Å². The van der Waals surface area contributed by atoms with Crippen LogP contribution in [0.3, 0.4) is 0 Å². The average molecular weight is 260 g/mol. The zero-order valence-corrected chi connectivity index (χ0v) is 11.7. The second kappa shape index (κ2) is 5.51. The van der Waals surface area contributed by atoms with Crippen molar-refractivity contribution in [2.24, 2.45) is 17.6 Å². The molecule has 2 aliphatic rings. The molecule has 0 radical (unpaired) electrons. The van der Waals surface area contributed by atoms with Crippen molar-refractivity contribution in [2.45, 2.75) is 25.8 Å². The van der Waals surface area contributed by atoms with Crippen LogP contribution in [0.4, 0.5) is 0 Å². The Morgan fingerprint density at radius 2 is 2.21 bits per heavy atom. The van der Waals surface area contributed by atoms with Crippen molar-refractivity contribution in [1.29, 1.82) is 0 Å². The number of para-hydroxylation sites is 1. The summed E-state index contributed by atoms with van der Waals surface area (Å²) in [5.41, 5.74) is 7.23. The predicted molar refractivity (Wildman–Crippen MR) is 77.2 cm³/mol. The molecule has 1 fully saturated rings. The van der Waals surface area contributed by atoms with Crippen LogP contribution in [0, 0.1) is 11.8 Å². The van der Waals surface area contributed by atoms with E-state index < -0.39 is 0 Å². The van der Waals surface area contributed by atoms with Gasteiger partial charge in [0, 0.05) is 24.1 Å². The zero-order chi connectivity index (χ0) is 13.2. The van der Waals surface area contributed by atoms with Gasteiger partial charge >= 0.3 is 0 Å². The number of fused-ring (bicyclic) bond motifs is 1. The highest BCUT2D eigenvalue weighted by atomic mass is 16.5. The molecule has 3 nitrogen and oxygen atoms in total. The Balaban J connectivity index is 1.86. The summed E-state index contributed by atoms with van der Waals surface area (Å²) in [5.74, 6) is 2.28. The lowest BCUT2D eigenvalue weighted by Crippen LogP contribution is -2.44. The van der Waals surface area contributed by atoms with Crippen LogP contribution in [-0.4, -0.2) is 31.1 Å². The number of nitrogens with two attached hydrogens (primary N) is 1. The molecule has 3 rings (SSSR count). The van der Waals surface area contributed by atoms with E-state index in [0.717, 1.165) is 25.4 Å². The van der Waals surface area contributed by atoms with Crippen LogP contribution in [0.25, 0.3) is 0 Å². The van der Waals surface area contributed by atoms with Gasteiger partial charge in [-0.25, -0.2) is 0 Å². The maximum absolute atomic E-state index is 5.87. The van der Waals surface area contributed by atoms with Gasteiger partial charge in [-0.15, -0.1) is 0 Å². The lowest BCUT2D eigenvalue weighted by atomic mass is 9.87. The Kier molecular flexibility index (Phi) is 3.76. The monoisotopic (exact) mass is 260 g/mol. The quantitative estimate of drug-likeness (QED) is 0.887. The van der Waals surface area contributed by atoms with Crippen LogP contribution >= 0.6 is 0 Å². The first-order valence-electron chi connectivity index (χ1n) is 7.45. The number of likely N-dealkylation sites (tertiary alicyclic amines) is 1. The van der Waals surface area contributed by atoms with Gasteiger partial charge in [0.25, 0.3) is 0 Å². The van der Waals surface area contributed by atoms with Crippen molar-refractivity contribution in [3.05, 3.63) is 29.8 Å². The van der Waals surface area contributed by atoms with Crippen molar-refractivity contribution >= 4 is 0 Å². The van der Waals surface area contributed by atoms with Gasteiger partial charge in [-0.1, -0.05) is 25.1 Å². The first-order valence-corrected chi connectivity index (χ1v) is 7.45. The summed E-state index contributed by atoms with van der Waals surface area (Å²) in [5, 5.41) is 0. The summed E-state index contributed by atoms with van der Waals surface area (Å²) in [6, 6.07) is 9.00. The number of piperidine rings is 1. The topological polar surface area (TPSA) is 38.5 Å². The Morgan fingerprint density at radius 1 is 1.37 bits per heavy atom.